The van der Waals surface area contributed by atoms with Crippen LogP contribution in [-0.2, 0) is 5.41 Å². The molecule has 2 nitrogen and oxygen atoms in total. The minimum Gasteiger partial charge on any atom is -0.135 e. The molecule has 0 bridgehead atoms. The van der Waals surface area contributed by atoms with Crippen LogP contribution in [0.15, 0.2) is 128 Å². The lowest BCUT2D eigenvalue weighted by molar-refractivity contribution is -1.29. The molecule has 0 spiro atoms. The summed E-state index contributed by atoms with van der Waals surface area (Å²) in [6.07, 6.45) is 4.34. The molecule has 43 heavy (non-hydrogen) atoms. The van der Waals surface area contributed by atoms with Crippen LogP contribution in [0.2, 0.25) is 0 Å². The Morgan fingerprint density at radius 1 is 0.465 bits per heavy atom. The summed E-state index contributed by atoms with van der Waals surface area (Å²) in [7, 11) is 0. The van der Waals surface area contributed by atoms with Crippen molar-refractivity contribution in [3.63, 3.8) is 0 Å². The van der Waals surface area contributed by atoms with Crippen LogP contribution in [0.4, 0.5) is 0 Å². The van der Waals surface area contributed by atoms with E-state index >= 15 is 0 Å². The molecule has 4 heterocycles. The first-order valence-electron chi connectivity index (χ1n) is 14.9. The van der Waals surface area contributed by atoms with E-state index in [1.165, 1.54) is 80.9 Å². The van der Waals surface area contributed by atoms with E-state index in [1.807, 2.05) is 11.3 Å². The topological polar surface area (TPSA) is 7.76 Å². The van der Waals surface area contributed by atoms with E-state index < -0.39 is 0 Å². The zero-order chi connectivity index (χ0) is 28.9. The monoisotopic (exact) mass is 570 g/mol. The molecule has 1 aliphatic rings. The Morgan fingerprint density at radius 3 is 1.84 bits per heavy atom. The average Bonchev–Trinajstić information content (AvgIpc) is 3.40. The van der Waals surface area contributed by atoms with Gasteiger partial charge >= 0.3 is 0 Å². The number of aromatic nitrogens is 2. The summed E-state index contributed by atoms with van der Waals surface area (Å²) >= 11 is 1.89. The Hall–Kier alpha value is -4.86. The second-order valence-corrected chi connectivity index (χ2v) is 13.8. The smallest absolute Gasteiger partial charge is 0.135 e. The molecule has 3 heteroatoms. The molecule has 0 unspecified atom stereocenters. The standard InChI is InChI=1S/C40H30N2S/c1-40(2,3)27-16-17-28-25(20-27)14-15-26-21-33-31(22-30(26)28)32-24-39-35(29-10-4-5-13-38(29)43-39)23-34(32)37-12-7-9-19-42(37)41-18-8-6-11-36(33)41/h4-24H,1-3H3/q+2. The summed E-state index contributed by atoms with van der Waals surface area (Å²) in [5.74, 6) is 0. The molecule has 0 saturated heterocycles. The maximum atomic E-state index is 2.46. The quantitative estimate of drug-likeness (QED) is 0.127. The van der Waals surface area contributed by atoms with Crippen LogP contribution < -0.4 is 9.35 Å². The van der Waals surface area contributed by atoms with Gasteiger partial charge in [-0.1, -0.05) is 69.3 Å². The molecule has 0 amide bonds. The van der Waals surface area contributed by atoms with Crippen molar-refractivity contribution in [3.8, 4) is 33.6 Å². The van der Waals surface area contributed by atoms with Crippen molar-refractivity contribution in [2.24, 2.45) is 0 Å². The highest BCUT2D eigenvalue weighted by Gasteiger charge is 2.33. The molecule has 0 fully saturated rings. The third kappa shape index (κ3) is 3.65. The highest BCUT2D eigenvalue weighted by molar-refractivity contribution is 7.25. The lowest BCUT2D eigenvalue weighted by Crippen LogP contribution is -2.68. The number of pyridine rings is 2. The van der Waals surface area contributed by atoms with Gasteiger partial charge < -0.3 is 0 Å². The van der Waals surface area contributed by atoms with E-state index in [4.69, 9.17) is 0 Å². The van der Waals surface area contributed by atoms with Gasteiger partial charge in [0.2, 0.25) is 12.4 Å². The second kappa shape index (κ2) is 8.82. The molecule has 0 aliphatic carbocycles. The van der Waals surface area contributed by atoms with Crippen LogP contribution in [0.5, 0.6) is 0 Å². The Labute approximate surface area is 254 Å². The van der Waals surface area contributed by atoms with Gasteiger partial charge in [-0.25, -0.2) is 0 Å². The van der Waals surface area contributed by atoms with Crippen LogP contribution in [0, 0.1) is 0 Å². The third-order valence-electron chi connectivity index (χ3n) is 9.11. The predicted octanol–water partition coefficient (Wildman–Crippen LogP) is 9.86. The van der Waals surface area contributed by atoms with Crippen molar-refractivity contribution in [1.82, 2.24) is 0 Å². The summed E-state index contributed by atoms with van der Waals surface area (Å²) in [6, 6.07) is 43.2. The number of fused-ring (bicyclic) bond motifs is 14. The Bertz CT molecular complexity index is 2440. The molecule has 0 atom stereocenters. The molecular formula is C40H30N2S+2. The second-order valence-electron chi connectivity index (χ2n) is 12.7. The molecule has 9 rings (SSSR count). The Morgan fingerprint density at radius 2 is 1.09 bits per heavy atom. The van der Waals surface area contributed by atoms with Crippen molar-refractivity contribution < 1.29 is 9.35 Å². The van der Waals surface area contributed by atoms with Crippen LogP contribution in [0.25, 0.3) is 75.4 Å². The van der Waals surface area contributed by atoms with E-state index in [0.717, 1.165) is 0 Å². The maximum Gasteiger partial charge on any atom is 0.284 e. The van der Waals surface area contributed by atoms with E-state index in [0.29, 0.717) is 0 Å². The number of rotatable bonds is 0. The zero-order valence-corrected chi connectivity index (χ0v) is 25.2. The SMILES string of the molecule is CC(C)(C)c1ccc2c(ccc3cc4c(cc32)-c2cc3sc5ccccc5c3cc2-c2cccc[n+]2-[n+]2ccccc2-4)c1. The predicted molar refractivity (Wildman–Crippen MR) is 181 cm³/mol. The molecule has 8 aromatic rings. The van der Waals surface area contributed by atoms with Gasteiger partial charge in [0.1, 0.15) is 0 Å². The van der Waals surface area contributed by atoms with Crippen LogP contribution in [0.1, 0.15) is 26.3 Å². The van der Waals surface area contributed by atoms with Crippen molar-refractivity contribution in [3.05, 3.63) is 133 Å². The average molecular weight is 571 g/mol. The summed E-state index contributed by atoms with van der Waals surface area (Å²) in [6.45, 7) is 6.86. The van der Waals surface area contributed by atoms with Gasteiger partial charge in [-0.2, -0.15) is 0 Å². The molecular weight excluding hydrogens is 541 g/mol. The number of benzene rings is 5. The van der Waals surface area contributed by atoms with E-state index in [-0.39, 0.29) is 5.41 Å². The van der Waals surface area contributed by atoms with E-state index in [2.05, 4.69) is 158 Å². The van der Waals surface area contributed by atoms with Crippen LogP contribution >= 0.6 is 11.3 Å². The highest BCUT2D eigenvalue weighted by atomic mass is 32.1. The Balaban J connectivity index is 1.45. The number of hydrogen-bond donors (Lipinski definition) is 0. The van der Waals surface area contributed by atoms with E-state index in [1.54, 1.807) is 0 Å². The highest BCUT2D eigenvalue weighted by Crippen LogP contribution is 2.45. The third-order valence-corrected chi connectivity index (χ3v) is 10.2. The zero-order valence-electron chi connectivity index (χ0n) is 24.4. The number of hydrogen-bond acceptors (Lipinski definition) is 1. The van der Waals surface area contributed by atoms with Crippen molar-refractivity contribution in [2.45, 2.75) is 26.2 Å². The summed E-state index contributed by atoms with van der Waals surface area (Å²) in [5.41, 5.74) is 8.83. The number of nitrogens with zero attached hydrogens (tertiary/aromatic N) is 2. The van der Waals surface area contributed by atoms with Gasteiger partial charge in [-0.3, -0.25) is 0 Å². The lowest BCUT2D eigenvalue weighted by atomic mass is 9.84. The van der Waals surface area contributed by atoms with Gasteiger partial charge in [0.05, 0.1) is 20.5 Å². The largest absolute Gasteiger partial charge is 0.284 e. The number of thiophene rings is 1. The van der Waals surface area contributed by atoms with Gasteiger partial charge in [0, 0.05) is 44.4 Å². The summed E-state index contributed by atoms with van der Waals surface area (Å²) < 4.78 is 7.22. The van der Waals surface area contributed by atoms with E-state index in [9.17, 15) is 0 Å². The molecule has 1 aliphatic heterocycles. The first-order chi connectivity index (χ1) is 20.9. The van der Waals surface area contributed by atoms with Gasteiger partial charge in [0.15, 0.2) is 0 Å². The first kappa shape index (κ1) is 24.7. The molecule has 5 aromatic carbocycles. The lowest BCUT2D eigenvalue weighted by Gasteiger charge is -2.20. The molecule has 204 valence electrons. The molecule has 3 aromatic heterocycles. The van der Waals surface area contributed by atoms with Crippen molar-refractivity contribution in [1.29, 1.82) is 0 Å². The fourth-order valence-corrected chi connectivity index (χ4v) is 8.02. The van der Waals surface area contributed by atoms with Gasteiger partial charge in [0.25, 0.3) is 11.4 Å². The molecule has 0 radical (unpaired) electrons. The fraction of sp³-hybridized carbons (Fsp3) is 0.100. The van der Waals surface area contributed by atoms with Crippen molar-refractivity contribution >= 4 is 53.1 Å². The molecule has 0 saturated carbocycles. The van der Waals surface area contributed by atoms with Gasteiger partial charge in [-0.05, 0) is 86.1 Å². The molecule has 0 N–H and O–H groups in total. The summed E-state index contributed by atoms with van der Waals surface area (Å²) in [5, 5.41) is 7.78. The Kier molecular flexibility index (Phi) is 5.07. The minimum atomic E-state index is 0.107. The summed E-state index contributed by atoms with van der Waals surface area (Å²) in [4.78, 5) is 0. The van der Waals surface area contributed by atoms with Crippen LogP contribution in [-0.4, -0.2) is 0 Å². The van der Waals surface area contributed by atoms with Gasteiger partial charge in [-0.15, -0.1) is 11.3 Å². The fourth-order valence-electron chi connectivity index (χ4n) is 6.89. The van der Waals surface area contributed by atoms with Crippen molar-refractivity contribution in [2.75, 3.05) is 0 Å². The minimum absolute atomic E-state index is 0.107. The normalized spacial score (nSPS) is 12.5. The first-order valence-corrected chi connectivity index (χ1v) is 15.8. The van der Waals surface area contributed by atoms with Crippen LogP contribution in [0.3, 0.4) is 0 Å². The maximum absolute atomic E-state index is 2.46.